The molecule has 4 nitrogen and oxygen atoms in total. The zero-order valence-electron chi connectivity index (χ0n) is 9.93. The monoisotopic (exact) mass is 283 g/mol. The molecule has 1 aliphatic rings. The lowest BCUT2D eigenvalue weighted by Crippen LogP contribution is -2.37. The number of morpholine rings is 1. The van der Waals surface area contributed by atoms with E-state index in [1.807, 2.05) is 12.1 Å². The molecule has 0 saturated carbocycles. The van der Waals surface area contributed by atoms with Crippen LogP contribution in [0.4, 0.5) is 0 Å². The molecule has 1 fully saturated rings. The van der Waals surface area contributed by atoms with Gasteiger partial charge in [0.1, 0.15) is 6.07 Å². The van der Waals surface area contributed by atoms with Crippen molar-refractivity contribution < 1.29 is 4.74 Å². The fourth-order valence-electron chi connectivity index (χ4n) is 1.69. The normalized spacial score (nSPS) is 16.4. The molecule has 2 heterocycles. The third kappa shape index (κ3) is 3.85. The van der Waals surface area contributed by atoms with Gasteiger partial charge in [0.05, 0.1) is 23.3 Å². The van der Waals surface area contributed by atoms with Crippen LogP contribution < -0.4 is 0 Å². The minimum atomic E-state index is 0.299. The van der Waals surface area contributed by atoms with Crippen LogP contribution in [0.1, 0.15) is 5.69 Å². The first-order valence-electron chi connectivity index (χ1n) is 5.79. The molecule has 0 amide bonds. The molecule has 18 heavy (non-hydrogen) atoms. The van der Waals surface area contributed by atoms with Gasteiger partial charge in [-0.3, -0.25) is 4.90 Å². The van der Waals surface area contributed by atoms with Crippen molar-refractivity contribution in [3.63, 3.8) is 0 Å². The lowest BCUT2D eigenvalue weighted by molar-refractivity contribution is 0.0410. The predicted molar refractivity (Wildman–Crippen MR) is 71.9 cm³/mol. The van der Waals surface area contributed by atoms with E-state index in [1.54, 1.807) is 17.8 Å². The maximum atomic E-state index is 8.84. The van der Waals surface area contributed by atoms with Gasteiger partial charge in [0.15, 0.2) is 5.69 Å². The fraction of sp³-hybridized carbons (Fsp3) is 0.500. The molecule has 6 heteroatoms. The number of hydrogen-bond acceptors (Lipinski definition) is 5. The van der Waals surface area contributed by atoms with Gasteiger partial charge in [-0.25, -0.2) is 4.98 Å². The number of nitrogens with zero attached hydrogens (tertiary/aromatic N) is 3. The summed E-state index contributed by atoms with van der Waals surface area (Å²) in [5.41, 5.74) is 0.299. The highest BCUT2D eigenvalue weighted by molar-refractivity contribution is 7.99. The van der Waals surface area contributed by atoms with Crippen molar-refractivity contribution in [2.75, 3.05) is 38.6 Å². The van der Waals surface area contributed by atoms with Gasteiger partial charge in [-0.1, -0.05) is 11.6 Å². The molecule has 0 aromatic carbocycles. The number of pyridine rings is 1. The second kappa shape index (κ2) is 6.95. The SMILES string of the molecule is N#Cc1nc(SCCN2CCOCC2)ccc1Cl. The smallest absolute Gasteiger partial charge is 0.160 e. The highest BCUT2D eigenvalue weighted by atomic mass is 35.5. The Morgan fingerprint density at radius 2 is 2.22 bits per heavy atom. The summed E-state index contributed by atoms with van der Waals surface area (Å²) in [6.07, 6.45) is 0. The van der Waals surface area contributed by atoms with E-state index >= 15 is 0 Å². The van der Waals surface area contributed by atoms with Crippen LogP contribution in [-0.2, 0) is 4.74 Å². The number of thioether (sulfide) groups is 1. The van der Waals surface area contributed by atoms with Gasteiger partial charge in [-0.15, -0.1) is 11.8 Å². The van der Waals surface area contributed by atoms with Crippen LogP contribution >= 0.6 is 23.4 Å². The first kappa shape index (κ1) is 13.6. The third-order valence-corrected chi connectivity index (χ3v) is 3.90. The maximum absolute atomic E-state index is 8.84. The molecule has 0 unspecified atom stereocenters. The Balaban J connectivity index is 1.81. The van der Waals surface area contributed by atoms with Gasteiger partial charge in [-0.2, -0.15) is 5.26 Å². The predicted octanol–water partition coefficient (Wildman–Crippen LogP) is 2.03. The first-order chi connectivity index (χ1) is 8.79. The zero-order chi connectivity index (χ0) is 12.8. The number of nitriles is 1. The van der Waals surface area contributed by atoms with E-state index < -0.39 is 0 Å². The maximum Gasteiger partial charge on any atom is 0.160 e. The molecule has 1 saturated heterocycles. The van der Waals surface area contributed by atoms with Gasteiger partial charge in [-0.05, 0) is 12.1 Å². The quantitative estimate of drug-likeness (QED) is 0.792. The number of rotatable bonds is 4. The molecular formula is C12H14ClN3OS. The van der Waals surface area contributed by atoms with E-state index in [-0.39, 0.29) is 0 Å². The van der Waals surface area contributed by atoms with Crippen molar-refractivity contribution in [3.05, 3.63) is 22.8 Å². The second-order valence-corrected chi connectivity index (χ2v) is 5.42. The average molecular weight is 284 g/mol. The van der Waals surface area contributed by atoms with Crippen molar-refractivity contribution in [1.82, 2.24) is 9.88 Å². The van der Waals surface area contributed by atoms with E-state index in [2.05, 4.69) is 9.88 Å². The summed E-state index contributed by atoms with van der Waals surface area (Å²) in [6.45, 7) is 4.65. The van der Waals surface area contributed by atoms with Gasteiger partial charge in [0.25, 0.3) is 0 Å². The molecule has 2 rings (SSSR count). The minimum Gasteiger partial charge on any atom is -0.379 e. The molecule has 0 radical (unpaired) electrons. The summed E-state index contributed by atoms with van der Waals surface area (Å²) in [5, 5.41) is 10.1. The minimum absolute atomic E-state index is 0.299. The third-order valence-electron chi connectivity index (χ3n) is 2.69. The largest absolute Gasteiger partial charge is 0.379 e. The number of hydrogen-bond donors (Lipinski definition) is 0. The Bertz CT molecular complexity index is 443. The average Bonchev–Trinajstić information content (AvgIpc) is 2.42. The van der Waals surface area contributed by atoms with Gasteiger partial charge in [0.2, 0.25) is 0 Å². The summed E-state index contributed by atoms with van der Waals surface area (Å²) in [5.74, 6) is 0.958. The molecule has 96 valence electrons. The Morgan fingerprint density at radius 1 is 1.44 bits per heavy atom. The number of halogens is 1. The number of aromatic nitrogens is 1. The van der Waals surface area contributed by atoms with E-state index in [1.165, 1.54) is 0 Å². The van der Waals surface area contributed by atoms with Crippen molar-refractivity contribution in [2.45, 2.75) is 5.03 Å². The second-order valence-electron chi connectivity index (χ2n) is 3.89. The summed E-state index contributed by atoms with van der Waals surface area (Å²) in [6, 6.07) is 5.57. The molecule has 0 spiro atoms. The van der Waals surface area contributed by atoms with Crippen molar-refractivity contribution >= 4 is 23.4 Å². The van der Waals surface area contributed by atoms with Crippen LogP contribution in [0.3, 0.4) is 0 Å². The van der Waals surface area contributed by atoms with Crippen LogP contribution in [-0.4, -0.2) is 48.5 Å². The van der Waals surface area contributed by atoms with E-state index in [4.69, 9.17) is 21.6 Å². The summed E-state index contributed by atoms with van der Waals surface area (Å²) in [7, 11) is 0. The Hall–Kier alpha value is -0.800. The molecular weight excluding hydrogens is 270 g/mol. The molecule has 0 atom stereocenters. The standard InChI is InChI=1S/C12H14ClN3OS/c13-10-1-2-12(15-11(10)9-14)18-8-5-16-3-6-17-7-4-16/h1-2H,3-8H2. The summed E-state index contributed by atoms with van der Waals surface area (Å²) < 4.78 is 5.30. The Kier molecular flexibility index (Phi) is 5.26. The highest BCUT2D eigenvalue weighted by Gasteiger charge is 2.10. The van der Waals surface area contributed by atoms with Gasteiger partial charge < -0.3 is 4.74 Å². The van der Waals surface area contributed by atoms with Crippen molar-refractivity contribution in [3.8, 4) is 6.07 Å². The van der Waals surface area contributed by atoms with Crippen LogP contribution in [0.5, 0.6) is 0 Å². The summed E-state index contributed by atoms with van der Waals surface area (Å²) >= 11 is 7.48. The Labute approximate surface area is 116 Å². The lowest BCUT2D eigenvalue weighted by Gasteiger charge is -2.26. The van der Waals surface area contributed by atoms with Crippen LogP contribution in [0.2, 0.25) is 5.02 Å². The summed E-state index contributed by atoms with van der Waals surface area (Å²) in [4.78, 5) is 6.57. The van der Waals surface area contributed by atoms with E-state index in [0.29, 0.717) is 10.7 Å². The van der Waals surface area contributed by atoms with Crippen molar-refractivity contribution in [2.24, 2.45) is 0 Å². The molecule has 1 aromatic heterocycles. The van der Waals surface area contributed by atoms with Crippen LogP contribution in [0.15, 0.2) is 17.2 Å². The Morgan fingerprint density at radius 3 is 2.94 bits per heavy atom. The molecule has 0 bridgehead atoms. The highest BCUT2D eigenvalue weighted by Crippen LogP contribution is 2.20. The number of ether oxygens (including phenoxy) is 1. The lowest BCUT2D eigenvalue weighted by atomic mass is 10.4. The topological polar surface area (TPSA) is 49.2 Å². The van der Waals surface area contributed by atoms with Gasteiger partial charge in [0, 0.05) is 25.4 Å². The van der Waals surface area contributed by atoms with Gasteiger partial charge >= 0.3 is 0 Å². The van der Waals surface area contributed by atoms with E-state index in [9.17, 15) is 0 Å². The van der Waals surface area contributed by atoms with E-state index in [0.717, 1.165) is 43.6 Å². The molecule has 0 N–H and O–H groups in total. The zero-order valence-corrected chi connectivity index (χ0v) is 11.5. The van der Waals surface area contributed by atoms with Crippen molar-refractivity contribution in [1.29, 1.82) is 5.26 Å². The molecule has 0 aliphatic carbocycles. The molecule has 1 aliphatic heterocycles. The fourth-order valence-corrected chi connectivity index (χ4v) is 2.71. The molecule has 1 aromatic rings. The van der Waals surface area contributed by atoms with Crippen LogP contribution in [0.25, 0.3) is 0 Å². The van der Waals surface area contributed by atoms with Crippen LogP contribution in [0, 0.1) is 11.3 Å². The first-order valence-corrected chi connectivity index (χ1v) is 7.15.